The highest BCUT2D eigenvalue weighted by atomic mass is 16.2. The average Bonchev–Trinajstić information content (AvgIpc) is 2.61. The van der Waals surface area contributed by atoms with Crippen molar-refractivity contribution in [2.24, 2.45) is 5.41 Å². The highest BCUT2D eigenvalue weighted by Crippen LogP contribution is 2.45. The van der Waals surface area contributed by atoms with E-state index < -0.39 is 29.3 Å². The molecule has 7 nitrogen and oxygen atoms in total. The minimum atomic E-state index is -1.06. The molecule has 2 N–H and O–H groups in total. The van der Waals surface area contributed by atoms with Gasteiger partial charge >= 0.3 is 6.03 Å². The molecule has 1 atom stereocenters. The molecule has 1 spiro atoms. The first kappa shape index (κ1) is 11.2. The Kier molecular flexibility index (Phi) is 2.20. The smallest absolute Gasteiger partial charge is 0.331 e. The van der Waals surface area contributed by atoms with Crippen molar-refractivity contribution in [3.05, 3.63) is 0 Å². The lowest BCUT2D eigenvalue weighted by Crippen LogP contribution is -2.68. The number of amides is 5. The van der Waals surface area contributed by atoms with E-state index in [0.29, 0.717) is 12.8 Å². The Morgan fingerprint density at radius 2 is 1.89 bits per heavy atom. The number of nitrogens with zero attached hydrogens (tertiary/aromatic N) is 1. The minimum absolute atomic E-state index is 0.115. The lowest BCUT2D eigenvalue weighted by molar-refractivity contribution is -0.158. The Balaban J connectivity index is 1.89. The normalized spacial score (nSPS) is 30.2. The van der Waals surface area contributed by atoms with Gasteiger partial charge in [-0.05, 0) is 12.8 Å². The van der Waals surface area contributed by atoms with Crippen molar-refractivity contribution in [2.45, 2.75) is 31.7 Å². The van der Waals surface area contributed by atoms with Crippen LogP contribution in [0.15, 0.2) is 0 Å². The number of imide groups is 2. The van der Waals surface area contributed by atoms with Gasteiger partial charge < -0.3 is 5.32 Å². The number of urea groups is 1. The second kappa shape index (κ2) is 3.54. The van der Waals surface area contributed by atoms with E-state index in [0.717, 1.165) is 11.3 Å². The van der Waals surface area contributed by atoms with Gasteiger partial charge in [0.1, 0.15) is 5.41 Å². The summed E-state index contributed by atoms with van der Waals surface area (Å²) in [5, 5.41) is 4.82. The minimum Gasteiger partial charge on any atom is -0.354 e. The maximum absolute atomic E-state index is 12.3. The molecule has 3 fully saturated rings. The first-order valence-electron chi connectivity index (χ1n) is 6.00. The molecule has 0 aromatic carbocycles. The number of carbonyl (C=O) groups excluding carboxylic acids is 4. The van der Waals surface area contributed by atoms with Crippen molar-refractivity contribution in [1.82, 2.24) is 15.5 Å². The van der Waals surface area contributed by atoms with Gasteiger partial charge in [-0.3, -0.25) is 24.6 Å². The molecule has 2 heterocycles. The van der Waals surface area contributed by atoms with Crippen LogP contribution >= 0.6 is 0 Å². The lowest BCUT2D eigenvalue weighted by atomic mass is 9.66. The predicted octanol–water partition coefficient (Wildman–Crippen LogP) is -0.876. The van der Waals surface area contributed by atoms with Crippen LogP contribution in [0.5, 0.6) is 0 Å². The Morgan fingerprint density at radius 3 is 2.39 bits per heavy atom. The van der Waals surface area contributed by atoms with Crippen LogP contribution in [0.25, 0.3) is 0 Å². The van der Waals surface area contributed by atoms with Crippen molar-refractivity contribution >= 4 is 23.8 Å². The number of nitrogens with one attached hydrogen (secondary N) is 2. The topological polar surface area (TPSA) is 95.6 Å². The van der Waals surface area contributed by atoms with Gasteiger partial charge in [-0.15, -0.1) is 0 Å². The fourth-order valence-corrected chi connectivity index (χ4v) is 2.77. The maximum Gasteiger partial charge on any atom is 0.331 e. The zero-order valence-corrected chi connectivity index (χ0v) is 9.69. The second-order valence-corrected chi connectivity index (χ2v) is 5.03. The standard InChI is InChI=1S/C11H13N3O4/c15-7-4-6(5-12-7)14-9(17)11(2-1-3-11)8(16)13-10(14)18/h6H,1-5H2,(H,12,15)(H,13,16,18). The van der Waals surface area contributed by atoms with Crippen LogP contribution in [0.4, 0.5) is 4.79 Å². The van der Waals surface area contributed by atoms with E-state index >= 15 is 0 Å². The summed E-state index contributed by atoms with van der Waals surface area (Å²) in [6, 6.07) is -1.18. The summed E-state index contributed by atoms with van der Waals surface area (Å²) in [6.45, 7) is 0.266. The molecular weight excluding hydrogens is 238 g/mol. The lowest BCUT2D eigenvalue weighted by Gasteiger charge is -2.45. The van der Waals surface area contributed by atoms with E-state index in [1.807, 2.05) is 0 Å². The summed E-state index contributed by atoms with van der Waals surface area (Å²) in [7, 11) is 0. The van der Waals surface area contributed by atoms with E-state index in [-0.39, 0.29) is 18.9 Å². The molecule has 2 aliphatic heterocycles. The second-order valence-electron chi connectivity index (χ2n) is 5.03. The van der Waals surface area contributed by atoms with Gasteiger partial charge in [0.15, 0.2) is 0 Å². The number of carbonyl (C=O) groups is 4. The van der Waals surface area contributed by atoms with Gasteiger partial charge in [0.25, 0.3) is 0 Å². The molecule has 1 saturated carbocycles. The third-order valence-electron chi connectivity index (χ3n) is 4.03. The number of rotatable bonds is 1. The number of barbiturate groups is 1. The quantitative estimate of drug-likeness (QED) is 0.592. The summed E-state index contributed by atoms with van der Waals surface area (Å²) in [4.78, 5) is 48.1. The fraction of sp³-hybridized carbons (Fsp3) is 0.636. The molecule has 5 amide bonds. The largest absolute Gasteiger partial charge is 0.354 e. The van der Waals surface area contributed by atoms with Crippen LogP contribution in [-0.4, -0.2) is 41.2 Å². The van der Waals surface area contributed by atoms with Gasteiger partial charge in [0.05, 0.1) is 6.04 Å². The molecule has 3 aliphatic rings. The molecule has 0 aromatic heterocycles. The first-order valence-corrected chi connectivity index (χ1v) is 6.00. The number of hydrogen-bond acceptors (Lipinski definition) is 4. The van der Waals surface area contributed by atoms with Gasteiger partial charge in [0, 0.05) is 13.0 Å². The molecule has 0 aromatic rings. The molecule has 2 saturated heterocycles. The Hall–Kier alpha value is -1.92. The van der Waals surface area contributed by atoms with Gasteiger partial charge in [-0.1, -0.05) is 6.42 Å². The zero-order chi connectivity index (χ0) is 12.9. The van der Waals surface area contributed by atoms with Crippen LogP contribution in [-0.2, 0) is 14.4 Å². The van der Waals surface area contributed by atoms with Crippen molar-refractivity contribution < 1.29 is 19.2 Å². The van der Waals surface area contributed by atoms with Crippen molar-refractivity contribution in [1.29, 1.82) is 0 Å². The van der Waals surface area contributed by atoms with E-state index in [1.165, 1.54) is 0 Å². The molecule has 96 valence electrons. The van der Waals surface area contributed by atoms with Crippen LogP contribution in [0.3, 0.4) is 0 Å². The van der Waals surface area contributed by atoms with Gasteiger partial charge in [-0.2, -0.15) is 0 Å². The van der Waals surface area contributed by atoms with Crippen molar-refractivity contribution in [2.75, 3.05) is 6.54 Å². The summed E-state index contributed by atoms with van der Waals surface area (Å²) < 4.78 is 0. The Labute approximate surface area is 103 Å². The summed E-state index contributed by atoms with van der Waals surface area (Å²) in [6.07, 6.45) is 1.89. The summed E-state index contributed by atoms with van der Waals surface area (Å²) >= 11 is 0. The fourth-order valence-electron chi connectivity index (χ4n) is 2.77. The average molecular weight is 251 g/mol. The van der Waals surface area contributed by atoms with Crippen LogP contribution in [0, 0.1) is 5.41 Å². The molecule has 1 unspecified atom stereocenters. The maximum atomic E-state index is 12.3. The highest BCUT2D eigenvalue weighted by molar-refractivity contribution is 6.20. The van der Waals surface area contributed by atoms with Crippen molar-refractivity contribution in [3.63, 3.8) is 0 Å². The summed E-state index contributed by atoms with van der Waals surface area (Å²) in [5.41, 5.74) is -1.06. The SMILES string of the molecule is O=C1CC(N2C(=O)NC(=O)C3(CCC3)C2=O)CN1. The molecule has 18 heavy (non-hydrogen) atoms. The predicted molar refractivity (Wildman–Crippen MR) is 58.1 cm³/mol. The molecular formula is C11H13N3O4. The Bertz CT molecular complexity index is 469. The molecule has 1 aliphatic carbocycles. The van der Waals surface area contributed by atoms with E-state index in [2.05, 4.69) is 10.6 Å². The molecule has 3 rings (SSSR count). The molecule has 0 bridgehead atoms. The van der Waals surface area contributed by atoms with Crippen molar-refractivity contribution in [3.8, 4) is 0 Å². The van der Waals surface area contributed by atoms with Gasteiger partial charge in [0.2, 0.25) is 17.7 Å². The summed E-state index contributed by atoms with van der Waals surface area (Å²) in [5.74, 6) is -1.11. The monoisotopic (exact) mass is 251 g/mol. The van der Waals surface area contributed by atoms with E-state index in [9.17, 15) is 19.2 Å². The first-order chi connectivity index (χ1) is 8.54. The van der Waals surface area contributed by atoms with Gasteiger partial charge in [-0.25, -0.2) is 4.79 Å². The van der Waals surface area contributed by atoms with Crippen LogP contribution < -0.4 is 10.6 Å². The van der Waals surface area contributed by atoms with Crippen LogP contribution in [0.2, 0.25) is 0 Å². The third kappa shape index (κ3) is 1.30. The van der Waals surface area contributed by atoms with Crippen LogP contribution in [0.1, 0.15) is 25.7 Å². The van der Waals surface area contributed by atoms with E-state index in [1.54, 1.807) is 0 Å². The Morgan fingerprint density at radius 1 is 1.17 bits per heavy atom. The zero-order valence-electron chi connectivity index (χ0n) is 9.69. The number of hydrogen-bond donors (Lipinski definition) is 2. The highest BCUT2D eigenvalue weighted by Gasteiger charge is 2.58. The third-order valence-corrected chi connectivity index (χ3v) is 4.03. The van der Waals surface area contributed by atoms with E-state index in [4.69, 9.17) is 0 Å². The molecule has 0 radical (unpaired) electrons. The molecule has 7 heteroatoms.